The summed E-state index contributed by atoms with van der Waals surface area (Å²) >= 11 is 0. The molecule has 48 nitrogen and oxygen atoms in total. The van der Waals surface area contributed by atoms with Crippen LogP contribution in [0.2, 0.25) is 0 Å². The van der Waals surface area contributed by atoms with Crippen LogP contribution in [0.1, 0.15) is 105 Å². The van der Waals surface area contributed by atoms with Gasteiger partial charge in [0.1, 0.15) is 54.3 Å². The maximum atomic E-state index is 14.3. The van der Waals surface area contributed by atoms with Gasteiger partial charge in [-0.05, 0) is 63.4 Å². The number of carbonyl (C=O) groups is 22. The average Bonchev–Trinajstić information content (AvgIpc) is 0.852. The van der Waals surface area contributed by atoms with Crippen molar-refractivity contribution in [3.05, 3.63) is 35.9 Å². The van der Waals surface area contributed by atoms with Crippen LogP contribution in [0, 0.1) is 17.8 Å². The lowest BCUT2D eigenvalue weighted by molar-refractivity contribution is -0.193. The molecular weight excluding hydrogens is 1650 g/mol. The van der Waals surface area contributed by atoms with Crippen molar-refractivity contribution in [2.24, 2.45) is 39.9 Å². The number of aliphatic hydroxyl groups is 1. The number of ketones is 1. The summed E-state index contributed by atoms with van der Waals surface area (Å²) in [7, 11) is 0. The van der Waals surface area contributed by atoms with Crippen LogP contribution < -0.4 is 91.6 Å². The number of aliphatic carboxylic acids is 7. The highest BCUT2D eigenvalue weighted by Crippen LogP contribution is 2.18. The van der Waals surface area contributed by atoms with E-state index in [4.69, 9.17) is 37.0 Å². The van der Waals surface area contributed by atoms with E-state index in [-0.39, 0.29) is 44.1 Å². The van der Waals surface area contributed by atoms with Crippen LogP contribution >= 0.6 is 0 Å². The van der Waals surface area contributed by atoms with Gasteiger partial charge in [0.25, 0.3) is 0 Å². The van der Waals surface area contributed by atoms with E-state index in [9.17, 15) is 153 Å². The number of guanidine groups is 1. The maximum absolute atomic E-state index is 14.3. The van der Waals surface area contributed by atoms with E-state index in [1.807, 2.05) is 10.6 Å². The maximum Gasteiger partial charge on any atom is 0.490 e. The summed E-state index contributed by atoms with van der Waals surface area (Å²) in [6.45, 7) is 3.27. The standard InChI is InChI=1S/C63H96N18O26.2C2HF3O2/c1-29(2)19-37(58(102)73-32(6)54(98)76-36(15-17-48(90)91)56(100)70-24-43(84)68-23-42(83)69-25-46(87)81-51(30(3)4)52(96)34(62(106)107)13-10-18-67-63(65)66)78-59(103)38(20-33-11-8-7-9-12-33)79-60(104)39(21-49(92)93)75-45(86)27-71-55(99)35(14-16-47(88)89)74-44(85)26-72-57(101)41(28-82)80-61(105)40(22-50(94)95)77-53(97)31(5)64;2*3-2(4,5)1(6)7/h7-9,11-12,29-32,34-41,51,82H,10,13-28,64H2,1-6H3,(H,68,84)(H,69,83)(H,70,100)(H,71,99)(H,72,101)(H,73,102)(H,74,85)(H,75,86)(H,76,98)(H,77,97)(H,78,103)(H,79,104)(H,80,105)(H,81,87)(H,88,89)(H,90,91)(H,92,93)(H,94,95)(H,106,107)(H4,65,66,67);2*(H,6,7)/t31-,32-,34+,35-,36-,37-,38-,39-,40-,41-,51-;;/m0../s1. The van der Waals surface area contributed by atoms with Crippen molar-refractivity contribution < 1.29 is 173 Å². The fraction of sp³-hybridized carbons (Fsp3) is 0.567. The van der Waals surface area contributed by atoms with Crippen LogP contribution in [0.3, 0.4) is 0 Å². The second kappa shape index (κ2) is 55.3. The minimum atomic E-state index is -5.08. The number of aliphatic hydroxyl groups excluding tert-OH is 1. The van der Waals surface area contributed by atoms with Gasteiger partial charge in [-0.3, -0.25) is 101 Å². The zero-order valence-corrected chi connectivity index (χ0v) is 65.4. The first-order valence-electron chi connectivity index (χ1n) is 35.7. The molecule has 0 spiro atoms. The van der Waals surface area contributed by atoms with E-state index in [1.165, 1.54) is 19.1 Å². The van der Waals surface area contributed by atoms with Gasteiger partial charge in [0, 0.05) is 25.8 Å². The number of carboxylic acids is 7. The largest absolute Gasteiger partial charge is 0.490 e. The number of halogens is 6. The fourth-order valence-electron chi connectivity index (χ4n) is 9.34. The van der Waals surface area contributed by atoms with Crippen LogP contribution in [-0.4, -0.2) is 296 Å². The van der Waals surface area contributed by atoms with Crippen LogP contribution in [0.25, 0.3) is 0 Å². The molecule has 0 radical (unpaired) electrons. The number of alkyl halides is 6. The molecule has 0 unspecified atom stereocenters. The number of benzene rings is 1. The summed E-state index contributed by atoms with van der Waals surface area (Å²) in [5.41, 5.74) is 16.4. The number of hydrogen-bond acceptors (Lipinski definition) is 25. The van der Waals surface area contributed by atoms with Gasteiger partial charge in [0.05, 0.1) is 64.3 Å². The van der Waals surface area contributed by atoms with E-state index in [2.05, 4.69) is 68.8 Å². The number of Topliss-reactive ketones (excluding diaryl/α,β-unsaturated/α-hetero) is 1. The molecule has 0 aromatic heterocycles. The third-order valence-electron chi connectivity index (χ3n) is 15.4. The number of nitrogens with zero attached hydrogens (tertiary/aromatic N) is 1. The molecule has 11 atom stereocenters. The van der Waals surface area contributed by atoms with Gasteiger partial charge in [-0.25, -0.2) is 9.59 Å². The molecule has 0 saturated heterocycles. The zero-order valence-electron chi connectivity index (χ0n) is 65.4. The molecule has 54 heteroatoms. The average molecular weight is 1750 g/mol. The molecule has 121 heavy (non-hydrogen) atoms. The Bertz CT molecular complexity index is 3830. The molecule has 14 amide bonds. The Morgan fingerprint density at radius 1 is 0.413 bits per heavy atom. The van der Waals surface area contributed by atoms with E-state index < -0.39 is 293 Å². The predicted octanol–water partition coefficient (Wildman–Crippen LogP) is -8.50. The predicted molar refractivity (Wildman–Crippen MR) is 395 cm³/mol. The van der Waals surface area contributed by atoms with Crippen molar-refractivity contribution in [1.82, 2.24) is 74.4 Å². The minimum absolute atomic E-state index is 0.0414. The van der Waals surface area contributed by atoms with Gasteiger partial charge in [0.15, 0.2) is 11.7 Å². The van der Waals surface area contributed by atoms with Crippen LogP contribution in [0.5, 0.6) is 0 Å². The van der Waals surface area contributed by atoms with E-state index >= 15 is 0 Å². The Morgan fingerprint density at radius 2 is 0.777 bits per heavy atom. The van der Waals surface area contributed by atoms with Gasteiger partial charge < -0.3 is 132 Å². The highest BCUT2D eigenvalue weighted by atomic mass is 19.4. The Morgan fingerprint density at radius 3 is 1.18 bits per heavy atom. The summed E-state index contributed by atoms with van der Waals surface area (Å²) in [6.07, 6.45) is -15.5. The summed E-state index contributed by atoms with van der Waals surface area (Å²) in [6, 6.07) is -8.49. The number of carboxylic acid groups (broad SMARTS) is 7. The molecule has 0 bridgehead atoms. The minimum Gasteiger partial charge on any atom is -0.481 e. The Balaban J connectivity index is 0. The molecule has 678 valence electrons. The molecule has 0 saturated carbocycles. The SMILES string of the molecule is CC(C)C[C@H](NC(=O)[C@H](Cc1ccccc1)NC(=O)[C@H](CC(=O)O)NC(=O)CNC(=O)[C@H](CCC(=O)O)NC(=O)CNC(=O)[C@H](CO)NC(=O)[C@H](CC(=O)O)NC(=O)[C@H](C)N)C(=O)N[C@@H](C)C(=O)N[C@@H](CCC(=O)O)C(=O)NCC(=O)NCC(=O)NCC(=O)N[C@H](C(=O)[C@@H](CCCN=C(N)N)C(=O)O)C(C)C.O=C(O)C(F)(F)F.O=C(O)C(F)(F)F. The van der Waals surface area contributed by atoms with E-state index in [0.29, 0.717) is 5.56 Å². The monoisotopic (exact) mass is 1750 g/mol. The molecule has 1 rings (SSSR count). The number of amides is 14. The van der Waals surface area contributed by atoms with Crippen molar-refractivity contribution in [3.63, 3.8) is 0 Å². The molecule has 0 heterocycles. The highest BCUT2D eigenvalue weighted by Gasteiger charge is 2.41. The number of hydrogen-bond donors (Lipinski definition) is 25. The number of nitrogens with two attached hydrogens (primary N) is 3. The Hall–Kier alpha value is -13.5. The number of rotatable bonds is 51. The van der Waals surface area contributed by atoms with Crippen molar-refractivity contribution >= 4 is 136 Å². The lowest BCUT2D eigenvalue weighted by atomic mass is 9.88. The number of nitrogens with one attached hydrogen (secondary N) is 14. The quantitative estimate of drug-likeness (QED) is 0.00947. The van der Waals surface area contributed by atoms with Gasteiger partial charge in [-0.2, -0.15) is 26.3 Å². The molecular formula is C67H98F6N18O30. The molecule has 1 aromatic rings. The fourth-order valence-corrected chi connectivity index (χ4v) is 9.34. The summed E-state index contributed by atoms with van der Waals surface area (Å²) in [5, 5.41) is 102. The Labute approximate surface area is 681 Å². The molecule has 0 aliphatic carbocycles. The van der Waals surface area contributed by atoms with Gasteiger partial charge in [-0.1, -0.05) is 58.0 Å². The summed E-state index contributed by atoms with van der Waals surface area (Å²) in [5.74, 6) is -32.1. The summed E-state index contributed by atoms with van der Waals surface area (Å²) in [4.78, 5) is 278. The molecule has 0 aliphatic rings. The van der Waals surface area contributed by atoms with Gasteiger partial charge >= 0.3 is 54.1 Å². The lowest BCUT2D eigenvalue weighted by Gasteiger charge is -2.27. The normalized spacial score (nSPS) is 13.6. The van der Waals surface area contributed by atoms with Gasteiger partial charge in [0.2, 0.25) is 82.7 Å². The summed E-state index contributed by atoms with van der Waals surface area (Å²) < 4.78 is 63.5. The van der Waals surface area contributed by atoms with Crippen LogP contribution in [0.15, 0.2) is 35.3 Å². The molecule has 1 aromatic carbocycles. The highest BCUT2D eigenvalue weighted by molar-refractivity contribution is 6.04. The second-order valence-electron chi connectivity index (χ2n) is 26.5. The topological polar surface area (TPSA) is 796 Å². The van der Waals surface area contributed by atoms with Crippen molar-refractivity contribution in [2.75, 3.05) is 45.9 Å². The molecule has 0 fully saturated rings. The molecule has 28 N–H and O–H groups in total. The van der Waals surface area contributed by atoms with Crippen LogP contribution in [-0.2, 0) is 112 Å². The first-order chi connectivity index (χ1) is 55.9. The van der Waals surface area contributed by atoms with E-state index in [1.54, 1.807) is 45.9 Å². The first kappa shape index (κ1) is 110. The third kappa shape index (κ3) is 48.7. The van der Waals surface area contributed by atoms with Crippen LogP contribution in [0.4, 0.5) is 26.3 Å². The van der Waals surface area contributed by atoms with Crippen molar-refractivity contribution in [2.45, 2.75) is 179 Å². The third-order valence-corrected chi connectivity index (χ3v) is 15.4. The number of aliphatic imine (C=N–C) groups is 1. The lowest BCUT2D eigenvalue weighted by Crippen LogP contribution is -2.59. The van der Waals surface area contributed by atoms with E-state index in [0.717, 1.165) is 6.92 Å². The first-order valence-corrected chi connectivity index (χ1v) is 35.7. The van der Waals surface area contributed by atoms with Crippen molar-refractivity contribution in [3.8, 4) is 0 Å². The number of carbonyl (C=O) groups excluding carboxylic acids is 15. The molecule has 0 aliphatic heterocycles. The Kier molecular flexibility index (Phi) is 50.0. The smallest absolute Gasteiger partial charge is 0.481 e. The second-order valence-corrected chi connectivity index (χ2v) is 26.5. The zero-order chi connectivity index (χ0) is 93.5. The van der Waals surface area contributed by atoms with Gasteiger partial charge in [-0.15, -0.1) is 0 Å². The van der Waals surface area contributed by atoms with Crippen molar-refractivity contribution in [1.29, 1.82) is 0 Å².